The molecule has 22 heteroatoms. The summed E-state index contributed by atoms with van der Waals surface area (Å²) < 4.78 is 11.3. The highest BCUT2D eigenvalue weighted by Gasteiger charge is 2.34. The molecule has 11 N–H and O–H groups in total. The Labute approximate surface area is 444 Å². The van der Waals surface area contributed by atoms with E-state index in [1.54, 1.807) is 87.6 Å². The molecule has 0 saturated carbocycles. The van der Waals surface area contributed by atoms with Crippen LogP contribution in [-0.2, 0) is 62.4 Å². The van der Waals surface area contributed by atoms with Crippen molar-refractivity contribution in [3.63, 3.8) is 0 Å². The first-order valence-corrected chi connectivity index (χ1v) is 27.5. The van der Waals surface area contributed by atoms with Gasteiger partial charge in [-0.2, -0.15) is 0 Å². The number of aromatic nitrogens is 1. The van der Waals surface area contributed by atoms with Gasteiger partial charge in [-0.3, -0.25) is 38.4 Å². The van der Waals surface area contributed by atoms with Crippen LogP contribution in [0.15, 0.2) is 85.1 Å². The van der Waals surface area contributed by atoms with E-state index in [-0.39, 0.29) is 32.1 Å². The number of alkyl carbamates (subject to hydrolysis) is 1. The third-order valence-electron chi connectivity index (χ3n) is 11.7. The Morgan fingerprint density at radius 1 is 0.618 bits per heavy atom. The first-order chi connectivity index (χ1) is 36.0. The van der Waals surface area contributed by atoms with Crippen molar-refractivity contribution >= 4 is 72.5 Å². The zero-order chi connectivity index (χ0) is 56.0. The van der Waals surface area contributed by atoms with Crippen molar-refractivity contribution in [2.45, 2.75) is 141 Å². The van der Waals surface area contributed by atoms with Gasteiger partial charge < -0.3 is 62.3 Å². The van der Waals surface area contributed by atoms with Gasteiger partial charge in [-0.25, -0.2) is 4.79 Å². The third-order valence-corrected chi connectivity index (χ3v) is 12.3. The van der Waals surface area contributed by atoms with Crippen molar-refractivity contribution < 1.29 is 57.5 Å². The highest BCUT2D eigenvalue weighted by atomic mass is 31.1. The predicted octanol–water partition coefficient (Wildman–Crippen LogP) is 4.01. The van der Waals surface area contributed by atoms with Crippen LogP contribution in [0.2, 0.25) is 0 Å². The fraction of sp³-hybridized carbons (Fsp3) is 0.463. The highest BCUT2D eigenvalue weighted by molar-refractivity contribution is 7.51. The van der Waals surface area contributed by atoms with Crippen molar-refractivity contribution in [3.8, 4) is 5.75 Å². The molecule has 412 valence electrons. The molecule has 0 saturated heterocycles. The van der Waals surface area contributed by atoms with Crippen molar-refractivity contribution in [2.24, 2.45) is 5.73 Å². The number of carboxylic acids is 1. The molecule has 0 unspecified atom stereocenters. The van der Waals surface area contributed by atoms with Crippen LogP contribution in [0.5, 0.6) is 5.75 Å². The minimum Gasteiger partial charge on any atom is -0.481 e. The zero-order valence-electron chi connectivity index (χ0n) is 44.3. The number of carbonyl (C=O) groups excluding carboxylic acids is 8. The lowest BCUT2D eigenvalue weighted by Gasteiger charge is -2.26. The molecule has 0 aliphatic heterocycles. The minimum atomic E-state index is -1.69. The van der Waals surface area contributed by atoms with E-state index in [9.17, 15) is 48.3 Å². The van der Waals surface area contributed by atoms with Gasteiger partial charge in [-0.1, -0.05) is 100 Å². The molecular formula is C54H74N9O12P. The highest BCUT2D eigenvalue weighted by Crippen LogP contribution is 2.30. The number of carboxylic acid groups (broad SMARTS) is 1. The van der Waals surface area contributed by atoms with Crippen LogP contribution in [-0.4, -0.2) is 125 Å². The summed E-state index contributed by atoms with van der Waals surface area (Å²) in [5.41, 5.74) is 7.46. The fourth-order valence-electron chi connectivity index (χ4n) is 7.96. The van der Waals surface area contributed by atoms with Crippen LogP contribution in [0.1, 0.15) is 96.3 Å². The summed E-state index contributed by atoms with van der Waals surface area (Å²) in [7, 11) is -0.680. The van der Waals surface area contributed by atoms with Gasteiger partial charge in [0.1, 0.15) is 47.6 Å². The molecule has 76 heavy (non-hydrogen) atoms. The molecule has 0 spiro atoms. The normalized spacial score (nSPS) is 13.6. The number of ether oxygens (including phenoxy) is 1. The summed E-state index contributed by atoms with van der Waals surface area (Å²) >= 11 is 0. The largest absolute Gasteiger partial charge is 0.481 e. The number of primary amides is 1. The standard InChI is InChI=1S/C54H74N9O12P/c1-8-10-20-39(59-50(70)42(63-53(73)74-54(3,4)5)28-34-23-25-36(26-24-34)75-76(6)7)48(68)57-32-45(64)58-43(29-35-31-56-38-22-16-15-19-37(35)38)51(71)60-40(21-11-9-2)49(69)62-44(30-46(65)66)52(72)61-41(47(55)67)27-33-17-13-12-14-18-33/h12-19,22-26,31,39-44,56H,8-11,20-21,27-30,32H2,1-7H3,(H2,55,67)(H,57,68)(H,58,64)(H,59,70)(H,60,71)(H,61,72)(H,62,69)(H,63,73)(H,65,66)/t39-,40-,41-,42-,43-,44-/m0/s1. The van der Waals surface area contributed by atoms with Crippen LogP contribution < -0.4 is 47.5 Å². The molecule has 21 nitrogen and oxygen atoms in total. The molecular weight excluding hydrogens is 998 g/mol. The minimum absolute atomic E-state index is 0.00435. The quantitative estimate of drug-likeness (QED) is 0.0332. The summed E-state index contributed by atoms with van der Waals surface area (Å²) in [4.78, 5) is 124. The maximum absolute atomic E-state index is 14.4. The number of fused-ring (bicyclic) bond motifs is 1. The number of nitrogens with two attached hydrogens (primary N) is 1. The molecule has 4 aromatic rings. The van der Waals surface area contributed by atoms with E-state index >= 15 is 0 Å². The Morgan fingerprint density at radius 3 is 1.71 bits per heavy atom. The summed E-state index contributed by atoms with van der Waals surface area (Å²) in [6, 6.07) is 15.1. The number of hydrogen-bond donors (Lipinski definition) is 10. The average molecular weight is 1070 g/mol. The number of unbranched alkanes of at least 4 members (excludes halogenated alkanes) is 2. The zero-order valence-corrected chi connectivity index (χ0v) is 45.2. The number of para-hydroxylation sites is 1. The van der Waals surface area contributed by atoms with Gasteiger partial charge in [0.25, 0.3) is 0 Å². The van der Waals surface area contributed by atoms with Gasteiger partial charge >= 0.3 is 12.1 Å². The Morgan fingerprint density at radius 2 is 1.13 bits per heavy atom. The maximum Gasteiger partial charge on any atom is 0.408 e. The smallest absolute Gasteiger partial charge is 0.408 e. The van der Waals surface area contributed by atoms with E-state index in [1.807, 2.05) is 45.4 Å². The molecule has 3 aromatic carbocycles. The SMILES string of the molecule is CCCC[C@H](NC(=O)[C@H](Cc1ccc(OP(C)C)cc1)NC(=O)OC(C)(C)C)C(=O)NCC(=O)N[C@@H](Cc1c[nH]c2ccccc12)C(=O)N[C@@H](CCCC)C(=O)N[C@@H](CC(=O)O)C(=O)N[C@@H](Cc1ccccc1)C(N)=O. The van der Waals surface area contributed by atoms with E-state index in [0.717, 1.165) is 10.9 Å². The van der Waals surface area contributed by atoms with Crippen molar-refractivity contribution in [3.05, 3.63) is 102 Å². The molecule has 1 heterocycles. The number of rotatable bonds is 30. The molecule has 8 amide bonds. The molecule has 0 fully saturated rings. The lowest BCUT2D eigenvalue weighted by Crippen LogP contribution is -2.59. The first-order valence-electron chi connectivity index (χ1n) is 25.4. The topological polar surface area (TPSA) is 318 Å². The van der Waals surface area contributed by atoms with Crippen molar-refractivity contribution in [2.75, 3.05) is 19.9 Å². The van der Waals surface area contributed by atoms with Gasteiger partial charge in [-0.15, -0.1) is 0 Å². The summed E-state index contributed by atoms with van der Waals surface area (Å²) in [5, 5.41) is 28.7. The van der Waals surface area contributed by atoms with E-state index < -0.39 is 116 Å². The number of benzene rings is 3. The lowest BCUT2D eigenvalue weighted by atomic mass is 10.0. The van der Waals surface area contributed by atoms with Crippen molar-refractivity contribution in [1.29, 1.82) is 0 Å². The van der Waals surface area contributed by atoms with Crippen LogP contribution in [0.25, 0.3) is 10.9 Å². The number of H-pyrrole nitrogens is 1. The van der Waals surface area contributed by atoms with Gasteiger partial charge in [-0.05, 0) is 81.8 Å². The van der Waals surface area contributed by atoms with Crippen LogP contribution >= 0.6 is 8.15 Å². The monoisotopic (exact) mass is 1070 g/mol. The molecule has 6 atom stereocenters. The van der Waals surface area contributed by atoms with Crippen LogP contribution in [0, 0.1) is 0 Å². The third kappa shape index (κ3) is 21.0. The summed E-state index contributed by atoms with van der Waals surface area (Å²) in [6.45, 7) is 12.1. The van der Waals surface area contributed by atoms with Gasteiger partial charge in [0.2, 0.25) is 41.4 Å². The molecule has 0 radical (unpaired) electrons. The number of amides is 8. The second kappa shape index (κ2) is 30.1. The van der Waals surface area contributed by atoms with E-state index in [2.05, 4.69) is 42.2 Å². The van der Waals surface area contributed by atoms with Gasteiger partial charge in [0.05, 0.1) is 21.1 Å². The van der Waals surface area contributed by atoms with Crippen molar-refractivity contribution in [1.82, 2.24) is 42.2 Å². The Hall–Kier alpha value is -7.54. The molecule has 0 aliphatic rings. The van der Waals surface area contributed by atoms with Crippen LogP contribution in [0.4, 0.5) is 4.79 Å². The summed E-state index contributed by atoms with van der Waals surface area (Å²) in [5.74, 6) is -6.55. The van der Waals surface area contributed by atoms with Gasteiger partial charge in [0, 0.05) is 36.4 Å². The molecule has 0 aliphatic carbocycles. The first kappa shape index (κ1) is 61.0. The number of nitrogens with one attached hydrogen (secondary N) is 8. The van der Waals surface area contributed by atoms with E-state index in [1.165, 1.54) is 0 Å². The predicted molar refractivity (Wildman–Crippen MR) is 288 cm³/mol. The van der Waals surface area contributed by atoms with Gasteiger partial charge in [0.15, 0.2) is 0 Å². The fourth-order valence-corrected chi connectivity index (χ4v) is 8.50. The second-order valence-electron chi connectivity index (χ2n) is 19.6. The molecule has 0 bridgehead atoms. The average Bonchev–Trinajstić information content (AvgIpc) is 3.77. The van der Waals surface area contributed by atoms with Crippen LogP contribution in [0.3, 0.4) is 0 Å². The lowest BCUT2D eigenvalue weighted by molar-refractivity contribution is -0.141. The maximum atomic E-state index is 14.4. The number of aromatic amines is 1. The molecule has 4 rings (SSSR count). The number of aliphatic carboxylic acids is 1. The molecule has 1 aromatic heterocycles. The second-order valence-corrected chi connectivity index (χ2v) is 21.4. The van der Waals surface area contributed by atoms with E-state index in [0.29, 0.717) is 48.1 Å². The Balaban J connectivity index is 1.53. The van der Waals surface area contributed by atoms with E-state index in [4.69, 9.17) is 15.0 Å². The summed E-state index contributed by atoms with van der Waals surface area (Å²) in [6.07, 6.45) is 2.30. The Bertz CT molecular complexity index is 2600. The Kier molecular flexibility index (Phi) is 24.2. The number of carbonyl (C=O) groups is 9. The number of hydrogen-bond acceptors (Lipinski definition) is 11.